The average Bonchev–Trinajstić information content (AvgIpc) is 2.90. The molecule has 0 atom stereocenters. The molecule has 0 aliphatic heterocycles. The SMILES string of the molecule is CCOc1ccc(C(=O)c2cc3cc(Br)ccc3o2)cc1. The molecule has 2 aromatic carbocycles. The Labute approximate surface area is 130 Å². The van der Waals surface area contributed by atoms with Crippen molar-refractivity contribution in [2.75, 3.05) is 6.61 Å². The maximum absolute atomic E-state index is 12.4. The Morgan fingerprint density at radius 3 is 2.62 bits per heavy atom. The molecule has 0 aliphatic carbocycles. The highest BCUT2D eigenvalue weighted by Crippen LogP contribution is 2.25. The molecule has 3 rings (SSSR count). The molecule has 4 heteroatoms. The van der Waals surface area contributed by atoms with Crippen LogP contribution in [0.2, 0.25) is 0 Å². The summed E-state index contributed by atoms with van der Waals surface area (Å²) in [5.74, 6) is 0.959. The lowest BCUT2D eigenvalue weighted by Crippen LogP contribution is -1.99. The zero-order chi connectivity index (χ0) is 14.8. The fourth-order valence-corrected chi connectivity index (χ4v) is 2.52. The van der Waals surface area contributed by atoms with Gasteiger partial charge in [0.15, 0.2) is 5.76 Å². The van der Waals surface area contributed by atoms with Crippen molar-refractivity contribution in [2.45, 2.75) is 6.92 Å². The molecule has 3 aromatic rings. The molecular weight excluding hydrogens is 332 g/mol. The standard InChI is InChI=1S/C17H13BrO3/c1-2-20-14-6-3-11(4-7-14)17(19)16-10-12-9-13(18)5-8-15(12)21-16/h3-10H,2H2,1H3. The topological polar surface area (TPSA) is 39.4 Å². The maximum atomic E-state index is 12.4. The summed E-state index contributed by atoms with van der Waals surface area (Å²) >= 11 is 3.41. The molecular formula is C17H13BrO3. The molecule has 0 saturated carbocycles. The Morgan fingerprint density at radius 2 is 1.90 bits per heavy atom. The minimum Gasteiger partial charge on any atom is -0.494 e. The van der Waals surface area contributed by atoms with E-state index in [0.717, 1.165) is 15.6 Å². The van der Waals surface area contributed by atoms with Gasteiger partial charge < -0.3 is 9.15 Å². The number of ether oxygens (including phenoxy) is 1. The number of carbonyl (C=O) groups is 1. The second-order valence-corrected chi connectivity index (χ2v) is 5.49. The van der Waals surface area contributed by atoms with Crippen LogP contribution in [0, 0.1) is 0 Å². The second kappa shape index (κ2) is 5.74. The molecule has 0 saturated heterocycles. The highest BCUT2D eigenvalue weighted by molar-refractivity contribution is 9.10. The fourth-order valence-electron chi connectivity index (χ4n) is 2.14. The third kappa shape index (κ3) is 2.85. The van der Waals surface area contributed by atoms with Crippen LogP contribution in [-0.2, 0) is 0 Å². The molecule has 0 spiro atoms. The van der Waals surface area contributed by atoms with E-state index in [-0.39, 0.29) is 5.78 Å². The van der Waals surface area contributed by atoms with E-state index in [1.54, 1.807) is 30.3 Å². The van der Waals surface area contributed by atoms with Crippen LogP contribution in [0.25, 0.3) is 11.0 Å². The molecule has 0 fully saturated rings. The summed E-state index contributed by atoms with van der Waals surface area (Å²) in [4.78, 5) is 12.4. The maximum Gasteiger partial charge on any atom is 0.228 e. The van der Waals surface area contributed by atoms with E-state index in [9.17, 15) is 4.79 Å². The number of hydrogen-bond acceptors (Lipinski definition) is 3. The van der Waals surface area contributed by atoms with E-state index < -0.39 is 0 Å². The summed E-state index contributed by atoms with van der Waals surface area (Å²) in [7, 11) is 0. The molecule has 0 amide bonds. The number of rotatable bonds is 4. The minimum absolute atomic E-state index is 0.134. The first-order valence-corrected chi connectivity index (χ1v) is 7.43. The van der Waals surface area contributed by atoms with Crippen LogP contribution < -0.4 is 4.74 Å². The largest absolute Gasteiger partial charge is 0.494 e. The summed E-state index contributed by atoms with van der Waals surface area (Å²) in [6.45, 7) is 2.53. The molecule has 1 heterocycles. The second-order valence-electron chi connectivity index (χ2n) is 4.58. The number of halogens is 1. The molecule has 0 radical (unpaired) electrons. The highest BCUT2D eigenvalue weighted by Gasteiger charge is 2.14. The molecule has 0 unspecified atom stereocenters. The molecule has 0 bridgehead atoms. The summed E-state index contributed by atoms with van der Waals surface area (Å²) in [5.41, 5.74) is 1.28. The zero-order valence-corrected chi connectivity index (χ0v) is 13.0. The van der Waals surface area contributed by atoms with Gasteiger partial charge in [-0.3, -0.25) is 4.79 Å². The first kappa shape index (κ1) is 13.9. The van der Waals surface area contributed by atoms with E-state index in [1.165, 1.54) is 0 Å². The Bertz CT molecular complexity index is 787. The van der Waals surface area contributed by atoms with E-state index >= 15 is 0 Å². The summed E-state index contributed by atoms with van der Waals surface area (Å²) < 4.78 is 11.9. The van der Waals surface area contributed by atoms with E-state index in [2.05, 4.69) is 15.9 Å². The van der Waals surface area contributed by atoms with Crippen molar-refractivity contribution in [3.05, 3.63) is 64.3 Å². The third-order valence-corrected chi connectivity index (χ3v) is 3.62. The Kier molecular flexibility index (Phi) is 3.80. The lowest BCUT2D eigenvalue weighted by atomic mass is 10.1. The molecule has 0 N–H and O–H groups in total. The van der Waals surface area contributed by atoms with Crippen molar-refractivity contribution >= 4 is 32.7 Å². The number of fused-ring (bicyclic) bond motifs is 1. The Morgan fingerprint density at radius 1 is 1.14 bits per heavy atom. The van der Waals surface area contributed by atoms with Crippen molar-refractivity contribution in [3.63, 3.8) is 0 Å². The van der Waals surface area contributed by atoms with Crippen molar-refractivity contribution < 1.29 is 13.9 Å². The van der Waals surface area contributed by atoms with Gasteiger partial charge in [0, 0.05) is 15.4 Å². The van der Waals surface area contributed by atoms with Crippen molar-refractivity contribution in [1.82, 2.24) is 0 Å². The van der Waals surface area contributed by atoms with Crippen LogP contribution in [0.4, 0.5) is 0 Å². The van der Waals surface area contributed by atoms with Gasteiger partial charge in [0.05, 0.1) is 6.61 Å². The monoisotopic (exact) mass is 344 g/mol. The van der Waals surface area contributed by atoms with Crippen molar-refractivity contribution in [3.8, 4) is 5.75 Å². The van der Waals surface area contributed by atoms with Crippen molar-refractivity contribution in [1.29, 1.82) is 0 Å². The smallest absolute Gasteiger partial charge is 0.228 e. The number of ketones is 1. The number of hydrogen-bond donors (Lipinski definition) is 0. The van der Waals surface area contributed by atoms with Gasteiger partial charge in [-0.05, 0) is 55.5 Å². The number of benzene rings is 2. The quantitative estimate of drug-likeness (QED) is 0.636. The average molecular weight is 345 g/mol. The lowest BCUT2D eigenvalue weighted by Gasteiger charge is -2.03. The van der Waals surface area contributed by atoms with Crippen LogP contribution in [0.5, 0.6) is 5.75 Å². The van der Waals surface area contributed by atoms with Gasteiger partial charge >= 0.3 is 0 Å². The van der Waals surface area contributed by atoms with Gasteiger partial charge in [0.1, 0.15) is 11.3 Å². The Balaban J connectivity index is 1.92. The highest BCUT2D eigenvalue weighted by atomic mass is 79.9. The normalized spacial score (nSPS) is 10.8. The minimum atomic E-state index is -0.134. The van der Waals surface area contributed by atoms with Crippen LogP contribution in [-0.4, -0.2) is 12.4 Å². The Hall–Kier alpha value is -2.07. The first-order chi connectivity index (χ1) is 10.2. The molecule has 0 aliphatic rings. The summed E-state index contributed by atoms with van der Waals surface area (Å²) in [5, 5.41) is 0.902. The van der Waals surface area contributed by atoms with Gasteiger partial charge in [-0.15, -0.1) is 0 Å². The molecule has 106 valence electrons. The number of carbonyl (C=O) groups excluding carboxylic acids is 1. The lowest BCUT2D eigenvalue weighted by molar-refractivity contribution is 0.101. The van der Waals surface area contributed by atoms with Gasteiger partial charge in [-0.2, -0.15) is 0 Å². The predicted molar refractivity (Wildman–Crippen MR) is 85.0 cm³/mol. The van der Waals surface area contributed by atoms with Crippen LogP contribution in [0.15, 0.2) is 57.4 Å². The predicted octanol–water partition coefficient (Wildman–Crippen LogP) is 4.83. The van der Waals surface area contributed by atoms with E-state index in [4.69, 9.17) is 9.15 Å². The fraction of sp³-hybridized carbons (Fsp3) is 0.118. The van der Waals surface area contributed by atoms with Crippen LogP contribution in [0.1, 0.15) is 23.0 Å². The zero-order valence-electron chi connectivity index (χ0n) is 11.4. The van der Waals surface area contributed by atoms with Gasteiger partial charge in [0.2, 0.25) is 5.78 Å². The van der Waals surface area contributed by atoms with E-state index in [1.807, 2.05) is 25.1 Å². The molecule has 1 aromatic heterocycles. The van der Waals surface area contributed by atoms with Crippen LogP contribution >= 0.6 is 15.9 Å². The van der Waals surface area contributed by atoms with Gasteiger partial charge in [-0.25, -0.2) is 0 Å². The summed E-state index contributed by atoms with van der Waals surface area (Å²) in [6.07, 6.45) is 0. The summed E-state index contributed by atoms with van der Waals surface area (Å²) in [6, 6.07) is 14.5. The number of furan rings is 1. The molecule has 21 heavy (non-hydrogen) atoms. The van der Waals surface area contributed by atoms with Gasteiger partial charge in [0.25, 0.3) is 0 Å². The van der Waals surface area contributed by atoms with Crippen molar-refractivity contribution in [2.24, 2.45) is 0 Å². The third-order valence-electron chi connectivity index (χ3n) is 3.13. The van der Waals surface area contributed by atoms with E-state index in [0.29, 0.717) is 23.5 Å². The molecule has 3 nitrogen and oxygen atoms in total. The first-order valence-electron chi connectivity index (χ1n) is 6.64. The van der Waals surface area contributed by atoms with Crippen LogP contribution in [0.3, 0.4) is 0 Å². The van der Waals surface area contributed by atoms with Gasteiger partial charge in [-0.1, -0.05) is 15.9 Å².